The van der Waals surface area contributed by atoms with E-state index in [1.165, 1.54) is 16.2 Å². The Morgan fingerprint density at radius 3 is 2.31 bits per heavy atom. The summed E-state index contributed by atoms with van der Waals surface area (Å²) in [4.78, 5) is 27.4. The van der Waals surface area contributed by atoms with E-state index in [0.717, 1.165) is 36.8 Å². The maximum absolute atomic E-state index is 13.4. The normalized spacial score (nSPS) is 12.5. The average Bonchev–Trinajstić information content (AvgIpc) is 3.27. The van der Waals surface area contributed by atoms with Crippen LogP contribution in [0.4, 0.5) is 10.7 Å². The Hall–Kier alpha value is -3.61. The summed E-state index contributed by atoms with van der Waals surface area (Å²) < 4.78 is 5.84. The smallest absolute Gasteiger partial charge is 0.258 e. The van der Waals surface area contributed by atoms with E-state index in [9.17, 15) is 9.59 Å². The number of amides is 2. The molecule has 0 spiro atoms. The molecule has 5 nitrogen and oxygen atoms in total. The topological polar surface area (TPSA) is 67.4 Å². The van der Waals surface area contributed by atoms with Crippen molar-refractivity contribution in [3.63, 3.8) is 0 Å². The number of rotatable bonds is 7. The van der Waals surface area contributed by atoms with E-state index in [0.29, 0.717) is 39.2 Å². The van der Waals surface area contributed by atoms with Crippen LogP contribution >= 0.6 is 22.9 Å². The summed E-state index contributed by atoms with van der Waals surface area (Å²) >= 11 is 7.44. The highest BCUT2D eigenvalue weighted by Crippen LogP contribution is 2.39. The lowest BCUT2D eigenvalue weighted by Crippen LogP contribution is -2.18. The SMILES string of the molecule is O=C(Nc1sc2c(c1C(=O)Nc1ccc(OCc3ccc(Cl)cc3)cc1)CCCC2)c1ccccc1. The number of thiophene rings is 1. The van der Waals surface area contributed by atoms with Crippen molar-refractivity contribution in [3.8, 4) is 5.75 Å². The van der Waals surface area contributed by atoms with E-state index in [1.54, 1.807) is 12.1 Å². The molecule has 7 heteroatoms. The average molecular weight is 517 g/mol. The number of anilines is 2. The van der Waals surface area contributed by atoms with Crippen LogP contribution in [-0.2, 0) is 19.4 Å². The summed E-state index contributed by atoms with van der Waals surface area (Å²) in [6, 6.07) is 23.8. The van der Waals surface area contributed by atoms with Gasteiger partial charge >= 0.3 is 0 Å². The second-order valence-corrected chi connectivity index (χ2v) is 10.2. The van der Waals surface area contributed by atoms with Crippen molar-refractivity contribution in [2.24, 2.45) is 0 Å². The van der Waals surface area contributed by atoms with Crippen molar-refractivity contribution in [3.05, 3.63) is 111 Å². The fraction of sp³-hybridized carbons (Fsp3) is 0.172. The molecule has 0 aliphatic heterocycles. The fourth-order valence-corrected chi connectivity index (χ4v) is 5.64. The first-order valence-electron chi connectivity index (χ1n) is 11.9. The second-order valence-electron chi connectivity index (χ2n) is 8.63. The van der Waals surface area contributed by atoms with Gasteiger partial charge in [0.15, 0.2) is 0 Å². The summed E-state index contributed by atoms with van der Waals surface area (Å²) in [7, 11) is 0. The van der Waals surface area contributed by atoms with Gasteiger partial charge in [0.1, 0.15) is 17.4 Å². The highest BCUT2D eigenvalue weighted by molar-refractivity contribution is 7.17. The van der Waals surface area contributed by atoms with Crippen molar-refractivity contribution in [1.29, 1.82) is 0 Å². The molecule has 0 fully saturated rings. The van der Waals surface area contributed by atoms with Crippen LogP contribution in [0.25, 0.3) is 0 Å². The van der Waals surface area contributed by atoms with Crippen LogP contribution in [0.1, 0.15) is 49.6 Å². The van der Waals surface area contributed by atoms with Gasteiger partial charge in [-0.1, -0.05) is 41.9 Å². The molecule has 2 N–H and O–H groups in total. The Kier molecular flexibility index (Phi) is 7.35. The van der Waals surface area contributed by atoms with Gasteiger partial charge in [0, 0.05) is 21.2 Å². The molecule has 5 rings (SSSR count). The largest absolute Gasteiger partial charge is 0.489 e. The van der Waals surface area contributed by atoms with Crippen LogP contribution < -0.4 is 15.4 Å². The number of halogens is 1. The van der Waals surface area contributed by atoms with Crippen LogP contribution in [0.3, 0.4) is 0 Å². The van der Waals surface area contributed by atoms with E-state index in [1.807, 2.05) is 66.7 Å². The molecule has 0 saturated heterocycles. The molecule has 1 aromatic heterocycles. The van der Waals surface area contributed by atoms with Gasteiger partial charge in [0.25, 0.3) is 11.8 Å². The minimum absolute atomic E-state index is 0.215. The monoisotopic (exact) mass is 516 g/mol. The zero-order valence-corrected chi connectivity index (χ0v) is 21.1. The van der Waals surface area contributed by atoms with Gasteiger partial charge in [-0.3, -0.25) is 9.59 Å². The first-order valence-corrected chi connectivity index (χ1v) is 13.1. The molecular weight excluding hydrogens is 492 g/mol. The molecule has 3 aromatic carbocycles. The number of benzene rings is 3. The van der Waals surface area contributed by atoms with Crippen molar-refractivity contribution in [1.82, 2.24) is 0 Å². The quantitative estimate of drug-likeness (QED) is 0.269. The number of nitrogens with one attached hydrogen (secondary N) is 2. The molecule has 0 radical (unpaired) electrons. The molecule has 1 aliphatic rings. The van der Waals surface area contributed by atoms with E-state index < -0.39 is 0 Å². The van der Waals surface area contributed by atoms with Gasteiger partial charge in [0.2, 0.25) is 0 Å². The van der Waals surface area contributed by atoms with Gasteiger partial charge in [-0.05, 0) is 85.3 Å². The summed E-state index contributed by atoms with van der Waals surface area (Å²) in [5.41, 5.74) is 3.86. The molecule has 36 heavy (non-hydrogen) atoms. The molecule has 0 unspecified atom stereocenters. The molecule has 182 valence electrons. The summed E-state index contributed by atoms with van der Waals surface area (Å²) in [5.74, 6) is 0.268. The molecule has 1 aliphatic carbocycles. The third-order valence-electron chi connectivity index (χ3n) is 6.09. The molecule has 0 bridgehead atoms. The maximum Gasteiger partial charge on any atom is 0.258 e. The fourth-order valence-electron chi connectivity index (χ4n) is 4.23. The van der Waals surface area contributed by atoms with Crippen molar-refractivity contribution >= 4 is 45.4 Å². The number of hydrogen-bond donors (Lipinski definition) is 2. The molecule has 0 saturated carbocycles. The minimum atomic E-state index is -0.217. The van der Waals surface area contributed by atoms with Crippen LogP contribution in [0, 0.1) is 0 Å². The number of hydrogen-bond acceptors (Lipinski definition) is 4. The Morgan fingerprint density at radius 1 is 0.833 bits per heavy atom. The molecule has 1 heterocycles. The van der Waals surface area contributed by atoms with E-state index in [4.69, 9.17) is 16.3 Å². The number of fused-ring (bicyclic) bond motifs is 1. The summed E-state index contributed by atoms with van der Waals surface area (Å²) in [6.07, 6.45) is 3.91. The first kappa shape index (κ1) is 24.1. The standard InChI is InChI=1S/C29H25ClN2O3S/c30-21-12-10-19(11-13-21)18-35-23-16-14-22(15-17-23)31-28(34)26-24-8-4-5-9-25(24)36-29(26)32-27(33)20-6-2-1-3-7-20/h1-3,6-7,10-17H,4-5,8-9,18H2,(H,31,34)(H,32,33). The Labute approximate surface area is 219 Å². The molecular formula is C29H25ClN2O3S. The minimum Gasteiger partial charge on any atom is -0.489 e. The third-order valence-corrected chi connectivity index (χ3v) is 7.55. The zero-order valence-electron chi connectivity index (χ0n) is 19.6. The van der Waals surface area contributed by atoms with Gasteiger partial charge in [-0.25, -0.2) is 0 Å². The van der Waals surface area contributed by atoms with Crippen molar-refractivity contribution in [2.45, 2.75) is 32.3 Å². The Balaban J connectivity index is 1.30. The van der Waals surface area contributed by atoms with Gasteiger partial charge in [0.05, 0.1) is 5.56 Å². The number of carbonyl (C=O) groups is 2. The number of aryl methyl sites for hydroxylation is 1. The van der Waals surface area contributed by atoms with Crippen molar-refractivity contribution in [2.75, 3.05) is 10.6 Å². The molecule has 0 atom stereocenters. The summed E-state index contributed by atoms with van der Waals surface area (Å²) in [6.45, 7) is 0.425. The third kappa shape index (κ3) is 5.61. The first-order chi connectivity index (χ1) is 17.6. The highest BCUT2D eigenvalue weighted by Gasteiger charge is 2.26. The zero-order chi connectivity index (χ0) is 24.9. The second kappa shape index (κ2) is 11.0. The lowest BCUT2D eigenvalue weighted by atomic mass is 9.95. The Bertz CT molecular complexity index is 1370. The lowest BCUT2D eigenvalue weighted by Gasteiger charge is -2.14. The summed E-state index contributed by atoms with van der Waals surface area (Å²) in [5, 5.41) is 7.28. The Morgan fingerprint density at radius 2 is 1.56 bits per heavy atom. The van der Waals surface area contributed by atoms with E-state index >= 15 is 0 Å². The van der Waals surface area contributed by atoms with Crippen LogP contribution in [0.2, 0.25) is 5.02 Å². The van der Waals surface area contributed by atoms with Gasteiger partial charge in [-0.2, -0.15) is 0 Å². The van der Waals surface area contributed by atoms with E-state index in [2.05, 4.69) is 10.6 Å². The maximum atomic E-state index is 13.4. The van der Waals surface area contributed by atoms with E-state index in [-0.39, 0.29) is 11.8 Å². The van der Waals surface area contributed by atoms with Crippen molar-refractivity contribution < 1.29 is 14.3 Å². The molecule has 4 aromatic rings. The number of ether oxygens (including phenoxy) is 1. The highest BCUT2D eigenvalue weighted by atomic mass is 35.5. The predicted molar refractivity (Wildman–Crippen MR) is 146 cm³/mol. The lowest BCUT2D eigenvalue weighted by molar-refractivity contribution is 0.102. The van der Waals surface area contributed by atoms with Crippen LogP contribution in [-0.4, -0.2) is 11.8 Å². The van der Waals surface area contributed by atoms with Gasteiger partial charge in [-0.15, -0.1) is 11.3 Å². The number of carbonyl (C=O) groups excluding carboxylic acids is 2. The van der Waals surface area contributed by atoms with Crippen LogP contribution in [0.5, 0.6) is 5.75 Å². The molecule has 2 amide bonds. The van der Waals surface area contributed by atoms with Gasteiger partial charge < -0.3 is 15.4 Å². The predicted octanol–water partition coefficient (Wildman–Crippen LogP) is 7.36. The van der Waals surface area contributed by atoms with Crippen LogP contribution in [0.15, 0.2) is 78.9 Å².